The first-order valence-electron chi connectivity index (χ1n) is 8.48. The molecule has 0 unspecified atom stereocenters. The maximum absolute atomic E-state index is 12.1. The third-order valence-corrected chi connectivity index (χ3v) is 4.36. The number of piperidine rings is 1. The van der Waals surface area contributed by atoms with Crippen LogP contribution < -0.4 is 15.9 Å². The van der Waals surface area contributed by atoms with Crippen LogP contribution in [0.1, 0.15) is 45.4 Å². The minimum Gasteiger partial charge on any atom is -0.370 e. The number of H-pyrrole nitrogens is 2. The Labute approximate surface area is 135 Å². The first-order chi connectivity index (χ1) is 11.2. The molecular weight excluding hydrogens is 292 g/mol. The van der Waals surface area contributed by atoms with Gasteiger partial charge in [0.1, 0.15) is 0 Å². The van der Waals surface area contributed by atoms with Crippen LogP contribution in [0.25, 0.3) is 11.0 Å². The van der Waals surface area contributed by atoms with Gasteiger partial charge in [0.15, 0.2) is 0 Å². The summed E-state index contributed by atoms with van der Waals surface area (Å²) in [5.41, 5.74) is 3.07. The second kappa shape index (κ2) is 6.89. The summed E-state index contributed by atoms with van der Waals surface area (Å²) in [5, 5.41) is 3.03. The lowest BCUT2D eigenvalue weighted by atomic mass is 10.1. The van der Waals surface area contributed by atoms with Crippen molar-refractivity contribution >= 4 is 28.3 Å². The molecule has 1 amide bonds. The van der Waals surface area contributed by atoms with Gasteiger partial charge in [-0.05, 0) is 37.8 Å². The van der Waals surface area contributed by atoms with Crippen molar-refractivity contribution in [3.63, 3.8) is 0 Å². The number of aromatic nitrogens is 2. The number of benzene rings is 1. The van der Waals surface area contributed by atoms with Gasteiger partial charge in [-0.1, -0.05) is 13.3 Å². The number of hydrogen-bond donors (Lipinski definition) is 3. The fourth-order valence-corrected chi connectivity index (χ4v) is 3.12. The van der Waals surface area contributed by atoms with Gasteiger partial charge in [0.05, 0.1) is 22.4 Å². The van der Waals surface area contributed by atoms with Crippen LogP contribution in [0, 0.1) is 0 Å². The van der Waals surface area contributed by atoms with E-state index in [-0.39, 0.29) is 11.6 Å². The molecule has 6 heteroatoms. The third-order valence-electron chi connectivity index (χ3n) is 4.36. The van der Waals surface area contributed by atoms with Crippen LogP contribution in [0.3, 0.4) is 0 Å². The Morgan fingerprint density at radius 2 is 1.87 bits per heavy atom. The summed E-state index contributed by atoms with van der Waals surface area (Å²) < 4.78 is 0. The van der Waals surface area contributed by atoms with Crippen LogP contribution in [-0.2, 0) is 4.79 Å². The van der Waals surface area contributed by atoms with E-state index in [4.69, 9.17) is 0 Å². The molecule has 0 radical (unpaired) electrons. The van der Waals surface area contributed by atoms with Crippen molar-refractivity contribution < 1.29 is 4.79 Å². The standard InChI is InChI=1S/C17H24N4O2/c1-2-3-7-16(22)18-14-10-12-13(20-17(23)19-12)11-15(14)21-8-5-4-6-9-21/h10-11H,2-9H2,1H3,(H,18,22)(H2,19,20,23). The molecular formula is C17H24N4O2. The summed E-state index contributed by atoms with van der Waals surface area (Å²) in [6.45, 7) is 4.04. The smallest absolute Gasteiger partial charge is 0.323 e. The van der Waals surface area contributed by atoms with E-state index in [1.54, 1.807) is 0 Å². The molecule has 1 aromatic heterocycles. The van der Waals surface area contributed by atoms with Crippen molar-refractivity contribution in [3.8, 4) is 0 Å². The fraction of sp³-hybridized carbons (Fsp3) is 0.529. The quantitative estimate of drug-likeness (QED) is 0.793. The van der Waals surface area contributed by atoms with Crippen LogP contribution in [0.2, 0.25) is 0 Å². The number of nitrogens with one attached hydrogen (secondary N) is 3. The Bertz CT molecular complexity index is 741. The van der Waals surface area contributed by atoms with Crippen LogP contribution in [-0.4, -0.2) is 29.0 Å². The molecule has 0 spiro atoms. The second-order valence-corrected chi connectivity index (χ2v) is 6.19. The number of aromatic amines is 2. The number of anilines is 2. The van der Waals surface area contributed by atoms with Crippen LogP contribution in [0.15, 0.2) is 16.9 Å². The summed E-state index contributed by atoms with van der Waals surface area (Å²) in [5.74, 6) is 0.0299. The first-order valence-corrected chi connectivity index (χ1v) is 8.48. The van der Waals surface area contributed by atoms with Crippen LogP contribution in [0.4, 0.5) is 11.4 Å². The van der Waals surface area contributed by atoms with Gasteiger partial charge in [0.25, 0.3) is 0 Å². The second-order valence-electron chi connectivity index (χ2n) is 6.19. The number of carbonyl (C=O) groups is 1. The predicted octanol–water partition coefficient (Wildman–Crippen LogP) is 2.98. The van der Waals surface area contributed by atoms with Gasteiger partial charge in [0.2, 0.25) is 5.91 Å². The Morgan fingerprint density at radius 3 is 2.57 bits per heavy atom. The fourth-order valence-electron chi connectivity index (χ4n) is 3.12. The average molecular weight is 316 g/mol. The molecule has 1 fully saturated rings. The van der Waals surface area contributed by atoms with E-state index in [1.165, 1.54) is 6.42 Å². The zero-order valence-electron chi connectivity index (χ0n) is 13.6. The van der Waals surface area contributed by atoms with Crippen molar-refractivity contribution in [2.45, 2.75) is 45.4 Å². The molecule has 0 atom stereocenters. The molecule has 2 aromatic rings. The van der Waals surface area contributed by atoms with Crippen LogP contribution >= 0.6 is 0 Å². The van der Waals surface area contributed by atoms with Gasteiger partial charge in [-0.25, -0.2) is 4.79 Å². The van der Waals surface area contributed by atoms with Crippen molar-refractivity contribution in [3.05, 3.63) is 22.6 Å². The highest BCUT2D eigenvalue weighted by molar-refractivity contribution is 5.98. The van der Waals surface area contributed by atoms with E-state index < -0.39 is 0 Å². The topological polar surface area (TPSA) is 81.0 Å². The number of rotatable bonds is 5. The van der Waals surface area contributed by atoms with Gasteiger partial charge in [0, 0.05) is 19.5 Å². The molecule has 1 aliphatic rings. The maximum atomic E-state index is 12.1. The van der Waals surface area contributed by atoms with Gasteiger partial charge in [-0.15, -0.1) is 0 Å². The van der Waals surface area contributed by atoms with Gasteiger partial charge in [-0.3, -0.25) is 4.79 Å². The molecule has 124 valence electrons. The van der Waals surface area contributed by atoms with Crippen molar-refractivity contribution in [1.29, 1.82) is 0 Å². The predicted molar refractivity (Wildman–Crippen MR) is 93.1 cm³/mol. The van der Waals surface area contributed by atoms with Crippen molar-refractivity contribution in [2.24, 2.45) is 0 Å². The molecule has 23 heavy (non-hydrogen) atoms. The molecule has 2 heterocycles. The highest BCUT2D eigenvalue weighted by Crippen LogP contribution is 2.32. The monoisotopic (exact) mass is 316 g/mol. The minimum atomic E-state index is -0.223. The summed E-state index contributed by atoms with van der Waals surface area (Å²) in [4.78, 5) is 31.5. The zero-order chi connectivity index (χ0) is 16.2. The molecule has 3 rings (SSSR count). The highest BCUT2D eigenvalue weighted by Gasteiger charge is 2.17. The molecule has 1 aromatic carbocycles. The van der Waals surface area contributed by atoms with Gasteiger partial charge < -0.3 is 20.2 Å². The normalized spacial score (nSPS) is 15.1. The maximum Gasteiger partial charge on any atom is 0.323 e. The zero-order valence-corrected chi connectivity index (χ0v) is 13.6. The number of imidazole rings is 1. The SMILES string of the molecule is CCCCC(=O)Nc1cc2[nH]c(=O)[nH]c2cc1N1CCCCC1. The first kappa shape index (κ1) is 15.6. The molecule has 1 aliphatic heterocycles. The van der Waals surface area contributed by atoms with Crippen molar-refractivity contribution in [2.75, 3.05) is 23.3 Å². The Hall–Kier alpha value is -2.24. The summed E-state index contributed by atoms with van der Waals surface area (Å²) >= 11 is 0. The molecule has 6 nitrogen and oxygen atoms in total. The average Bonchev–Trinajstić information content (AvgIpc) is 2.92. The van der Waals surface area contributed by atoms with E-state index in [0.717, 1.165) is 61.2 Å². The highest BCUT2D eigenvalue weighted by atomic mass is 16.1. The lowest BCUT2D eigenvalue weighted by molar-refractivity contribution is -0.116. The van der Waals surface area contributed by atoms with E-state index in [2.05, 4.69) is 27.1 Å². The lowest BCUT2D eigenvalue weighted by Gasteiger charge is -2.30. The lowest BCUT2D eigenvalue weighted by Crippen LogP contribution is -2.30. The minimum absolute atomic E-state index is 0.0299. The van der Waals surface area contributed by atoms with Gasteiger partial charge >= 0.3 is 5.69 Å². The van der Waals surface area contributed by atoms with E-state index >= 15 is 0 Å². The van der Waals surface area contributed by atoms with Crippen molar-refractivity contribution in [1.82, 2.24) is 9.97 Å². The molecule has 0 aliphatic carbocycles. The molecule has 0 saturated carbocycles. The number of carbonyl (C=O) groups excluding carboxylic acids is 1. The number of hydrogen-bond acceptors (Lipinski definition) is 3. The van der Waals surface area contributed by atoms with Gasteiger partial charge in [-0.2, -0.15) is 0 Å². The third kappa shape index (κ3) is 3.57. The molecule has 3 N–H and O–H groups in total. The van der Waals surface area contributed by atoms with E-state index in [0.29, 0.717) is 6.42 Å². The largest absolute Gasteiger partial charge is 0.370 e. The number of amides is 1. The molecule has 1 saturated heterocycles. The Kier molecular flexibility index (Phi) is 4.69. The summed E-state index contributed by atoms with van der Waals surface area (Å²) in [6.07, 6.45) is 5.97. The Balaban J connectivity index is 1.94. The van der Waals surface area contributed by atoms with E-state index in [1.807, 2.05) is 12.1 Å². The van der Waals surface area contributed by atoms with Crippen LogP contribution in [0.5, 0.6) is 0 Å². The van der Waals surface area contributed by atoms with E-state index in [9.17, 15) is 9.59 Å². The Morgan fingerprint density at radius 1 is 1.17 bits per heavy atom. The summed E-state index contributed by atoms with van der Waals surface area (Å²) in [7, 11) is 0. The number of nitrogens with zero attached hydrogens (tertiary/aromatic N) is 1. The molecule has 0 bridgehead atoms. The number of fused-ring (bicyclic) bond motifs is 1. The number of unbranched alkanes of at least 4 members (excludes halogenated alkanes) is 1. The summed E-state index contributed by atoms with van der Waals surface area (Å²) in [6, 6.07) is 3.83.